The predicted molar refractivity (Wildman–Crippen MR) is 89.1 cm³/mol. The molecule has 4 rings (SSSR count). The first-order valence-electron chi connectivity index (χ1n) is 7.88. The van der Waals surface area contributed by atoms with Crippen LogP contribution in [0.5, 0.6) is 11.5 Å². The van der Waals surface area contributed by atoms with E-state index in [4.69, 9.17) is 9.47 Å². The minimum atomic E-state index is -0.164. The van der Waals surface area contributed by atoms with Crippen molar-refractivity contribution in [3.63, 3.8) is 0 Å². The largest absolute Gasteiger partial charge is 0.454 e. The second-order valence-corrected chi connectivity index (χ2v) is 5.51. The molecule has 6 heteroatoms. The SMILES string of the molecule is CCn1c(CNC(=O)c2ccc3c(c2)OCO3)nc2ccccc21. The van der Waals surface area contributed by atoms with Crippen LogP contribution in [-0.4, -0.2) is 22.3 Å². The Hall–Kier alpha value is -3.02. The lowest BCUT2D eigenvalue weighted by atomic mass is 10.2. The van der Waals surface area contributed by atoms with Crippen LogP contribution in [0.4, 0.5) is 0 Å². The van der Waals surface area contributed by atoms with Gasteiger partial charge in [-0.2, -0.15) is 0 Å². The summed E-state index contributed by atoms with van der Waals surface area (Å²) >= 11 is 0. The minimum Gasteiger partial charge on any atom is -0.454 e. The second kappa shape index (κ2) is 5.88. The molecule has 0 saturated heterocycles. The van der Waals surface area contributed by atoms with E-state index in [2.05, 4.69) is 21.8 Å². The number of fused-ring (bicyclic) bond motifs is 2. The van der Waals surface area contributed by atoms with Crippen LogP contribution in [0.15, 0.2) is 42.5 Å². The molecule has 0 unspecified atom stereocenters. The van der Waals surface area contributed by atoms with E-state index in [-0.39, 0.29) is 12.7 Å². The predicted octanol–water partition coefficient (Wildman–Crippen LogP) is 2.71. The van der Waals surface area contributed by atoms with Crippen molar-refractivity contribution in [3.05, 3.63) is 53.9 Å². The van der Waals surface area contributed by atoms with Crippen molar-refractivity contribution >= 4 is 16.9 Å². The van der Waals surface area contributed by atoms with Gasteiger partial charge in [0.2, 0.25) is 6.79 Å². The van der Waals surface area contributed by atoms with Crippen LogP contribution in [0, 0.1) is 0 Å². The molecule has 2 heterocycles. The molecule has 0 spiro atoms. The molecular weight excluding hydrogens is 306 g/mol. The van der Waals surface area contributed by atoms with Gasteiger partial charge in [0.15, 0.2) is 11.5 Å². The Labute approximate surface area is 139 Å². The Morgan fingerprint density at radius 2 is 2.04 bits per heavy atom. The van der Waals surface area contributed by atoms with Crippen molar-refractivity contribution in [1.29, 1.82) is 0 Å². The van der Waals surface area contributed by atoms with Gasteiger partial charge in [0.05, 0.1) is 17.6 Å². The molecule has 2 aromatic carbocycles. The van der Waals surface area contributed by atoms with Gasteiger partial charge in [0.25, 0.3) is 5.91 Å². The molecule has 0 aliphatic carbocycles. The average molecular weight is 323 g/mol. The van der Waals surface area contributed by atoms with E-state index in [0.29, 0.717) is 23.6 Å². The summed E-state index contributed by atoms with van der Waals surface area (Å²) < 4.78 is 12.7. The van der Waals surface area contributed by atoms with Gasteiger partial charge < -0.3 is 19.4 Å². The van der Waals surface area contributed by atoms with Crippen LogP contribution in [-0.2, 0) is 13.1 Å². The smallest absolute Gasteiger partial charge is 0.251 e. The quantitative estimate of drug-likeness (QED) is 0.802. The Balaban J connectivity index is 1.53. The lowest BCUT2D eigenvalue weighted by molar-refractivity contribution is 0.0949. The molecule has 6 nitrogen and oxygen atoms in total. The number of aryl methyl sites for hydroxylation is 1. The summed E-state index contributed by atoms with van der Waals surface area (Å²) in [4.78, 5) is 17.0. The first kappa shape index (κ1) is 14.6. The topological polar surface area (TPSA) is 65.4 Å². The monoisotopic (exact) mass is 323 g/mol. The number of hydrogen-bond acceptors (Lipinski definition) is 4. The van der Waals surface area contributed by atoms with Gasteiger partial charge in [0.1, 0.15) is 5.82 Å². The van der Waals surface area contributed by atoms with Crippen molar-refractivity contribution in [2.75, 3.05) is 6.79 Å². The van der Waals surface area contributed by atoms with E-state index >= 15 is 0 Å². The van der Waals surface area contributed by atoms with Crippen molar-refractivity contribution in [2.45, 2.75) is 20.0 Å². The number of imidazole rings is 1. The fourth-order valence-electron chi connectivity index (χ4n) is 2.91. The summed E-state index contributed by atoms with van der Waals surface area (Å²) in [6.07, 6.45) is 0. The standard InChI is InChI=1S/C18H17N3O3/c1-2-21-14-6-4-3-5-13(14)20-17(21)10-19-18(22)12-7-8-15-16(9-12)24-11-23-15/h3-9H,2,10-11H2,1H3,(H,19,22). The summed E-state index contributed by atoms with van der Waals surface area (Å²) in [5, 5.41) is 2.92. The molecule has 0 radical (unpaired) electrons. The fraction of sp³-hybridized carbons (Fsp3) is 0.222. The van der Waals surface area contributed by atoms with Crippen LogP contribution >= 0.6 is 0 Å². The zero-order valence-electron chi connectivity index (χ0n) is 13.3. The van der Waals surface area contributed by atoms with Gasteiger partial charge in [0, 0.05) is 12.1 Å². The van der Waals surface area contributed by atoms with E-state index in [0.717, 1.165) is 23.4 Å². The molecule has 0 bridgehead atoms. The van der Waals surface area contributed by atoms with Gasteiger partial charge in [-0.1, -0.05) is 12.1 Å². The molecule has 1 N–H and O–H groups in total. The summed E-state index contributed by atoms with van der Waals surface area (Å²) in [6.45, 7) is 3.43. The molecule has 1 amide bonds. The molecule has 1 aliphatic rings. The highest BCUT2D eigenvalue weighted by atomic mass is 16.7. The second-order valence-electron chi connectivity index (χ2n) is 5.51. The van der Waals surface area contributed by atoms with Crippen molar-refractivity contribution in [3.8, 4) is 11.5 Å². The number of ether oxygens (including phenoxy) is 2. The number of hydrogen-bond donors (Lipinski definition) is 1. The van der Waals surface area contributed by atoms with E-state index in [1.54, 1.807) is 18.2 Å². The van der Waals surface area contributed by atoms with E-state index < -0.39 is 0 Å². The minimum absolute atomic E-state index is 0.164. The third-order valence-electron chi connectivity index (χ3n) is 4.09. The maximum atomic E-state index is 12.4. The van der Waals surface area contributed by atoms with E-state index in [9.17, 15) is 4.79 Å². The van der Waals surface area contributed by atoms with Gasteiger partial charge in [-0.15, -0.1) is 0 Å². The van der Waals surface area contributed by atoms with E-state index in [1.807, 2.05) is 24.3 Å². The van der Waals surface area contributed by atoms with Gasteiger partial charge >= 0.3 is 0 Å². The fourth-order valence-corrected chi connectivity index (χ4v) is 2.91. The number of nitrogens with one attached hydrogen (secondary N) is 1. The highest BCUT2D eigenvalue weighted by Crippen LogP contribution is 2.32. The van der Waals surface area contributed by atoms with Gasteiger partial charge in [-0.3, -0.25) is 4.79 Å². The van der Waals surface area contributed by atoms with Crippen LogP contribution in [0.2, 0.25) is 0 Å². The molecule has 0 fully saturated rings. The molecule has 24 heavy (non-hydrogen) atoms. The number of carbonyl (C=O) groups is 1. The first-order chi connectivity index (χ1) is 11.8. The Kier molecular flexibility index (Phi) is 3.57. The maximum absolute atomic E-state index is 12.4. The van der Waals surface area contributed by atoms with Gasteiger partial charge in [-0.05, 0) is 37.3 Å². The number of para-hydroxylation sites is 2. The van der Waals surface area contributed by atoms with Crippen LogP contribution in [0.1, 0.15) is 23.1 Å². The van der Waals surface area contributed by atoms with Crippen molar-refractivity contribution in [2.24, 2.45) is 0 Å². The zero-order valence-corrected chi connectivity index (χ0v) is 13.3. The Morgan fingerprint density at radius 1 is 1.21 bits per heavy atom. The summed E-state index contributed by atoms with van der Waals surface area (Å²) in [5.74, 6) is 1.94. The molecule has 1 aromatic heterocycles. The maximum Gasteiger partial charge on any atom is 0.251 e. The van der Waals surface area contributed by atoms with E-state index in [1.165, 1.54) is 0 Å². The summed E-state index contributed by atoms with van der Waals surface area (Å²) in [5.41, 5.74) is 2.55. The van der Waals surface area contributed by atoms with Crippen molar-refractivity contribution in [1.82, 2.24) is 14.9 Å². The molecular formula is C18H17N3O3. The number of rotatable bonds is 4. The van der Waals surface area contributed by atoms with Crippen LogP contribution in [0.25, 0.3) is 11.0 Å². The van der Waals surface area contributed by atoms with Crippen LogP contribution in [0.3, 0.4) is 0 Å². The highest BCUT2D eigenvalue weighted by Gasteiger charge is 2.17. The van der Waals surface area contributed by atoms with Gasteiger partial charge in [-0.25, -0.2) is 4.98 Å². The molecule has 0 saturated carbocycles. The Morgan fingerprint density at radius 3 is 2.92 bits per heavy atom. The number of carbonyl (C=O) groups excluding carboxylic acids is 1. The first-order valence-corrected chi connectivity index (χ1v) is 7.88. The molecule has 122 valence electrons. The molecule has 1 aliphatic heterocycles. The number of aromatic nitrogens is 2. The summed E-state index contributed by atoms with van der Waals surface area (Å²) in [6, 6.07) is 13.1. The molecule has 0 atom stereocenters. The Bertz CT molecular complexity index is 917. The number of amides is 1. The number of benzene rings is 2. The van der Waals surface area contributed by atoms with Crippen LogP contribution < -0.4 is 14.8 Å². The third kappa shape index (κ3) is 2.46. The average Bonchev–Trinajstić information content (AvgIpc) is 3.22. The third-order valence-corrected chi connectivity index (χ3v) is 4.09. The number of nitrogens with zero attached hydrogens (tertiary/aromatic N) is 2. The lowest BCUT2D eigenvalue weighted by Crippen LogP contribution is -2.24. The summed E-state index contributed by atoms with van der Waals surface area (Å²) in [7, 11) is 0. The molecule has 3 aromatic rings. The highest BCUT2D eigenvalue weighted by molar-refractivity contribution is 5.94. The normalized spacial score (nSPS) is 12.5. The zero-order chi connectivity index (χ0) is 16.5. The lowest BCUT2D eigenvalue weighted by Gasteiger charge is -2.08. The van der Waals surface area contributed by atoms with Crippen molar-refractivity contribution < 1.29 is 14.3 Å².